The van der Waals surface area contributed by atoms with Gasteiger partial charge in [0.2, 0.25) is 0 Å². The SMILES string of the molecule is COC(=O)c1ccc(N=C(c2ccccc2)c2c(O)[nH]c3ccc(NS(=O)(=O)c4ccccc4)cc23)cc1. The topological polar surface area (TPSA) is 121 Å². The van der Waals surface area contributed by atoms with Gasteiger partial charge in [-0.15, -0.1) is 0 Å². The second kappa shape index (κ2) is 10.2. The first-order valence-electron chi connectivity index (χ1n) is 11.6. The van der Waals surface area contributed by atoms with E-state index in [-0.39, 0.29) is 10.8 Å². The molecule has 0 aliphatic rings. The molecule has 9 heteroatoms. The Balaban J connectivity index is 1.62. The lowest BCUT2D eigenvalue weighted by atomic mass is 10.0. The van der Waals surface area contributed by atoms with Crippen molar-refractivity contribution < 1.29 is 23.1 Å². The maximum Gasteiger partial charge on any atom is 0.337 e. The number of sulfonamides is 1. The van der Waals surface area contributed by atoms with Crippen LogP contribution in [0.2, 0.25) is 0 Å². The summed E-state index contributed by atoms with van der Waals surface area (Å²) in [5.41, 5.74) is 3.47. The number of aromatic hydroxyl groups is 1. The van der Waals surface area contributed by atoms with Gasteiger partial charge in [0.05, 0.1) is 34.5 Å². The van der Waals surface area contributed by atoms with E-state index in [2.05, 4.69) is 9.71 Å². The van der Waals surface area contributed by atoms with Crippen molar-refractivity contribution >= 4 is 44.0 Å². The molecule has 0 atom stereocenters. The summed E-state index contributed by atoms with van der Waals surface area (Å²) in [7, 11) is -2.50. The lowest BCUT2D eigenvalue weighted by molar-refractivity contribution is 0.0600. The van der Waals surface area contributed by atoms with Gasteiger partial charge in [-0.2, -0.15) is 0 Å². The summed E-state index contributed by atoms with van der Waals surface area (Å²) < 4.78 is 33.2. The molecule has 1 aromatic heterocycles. The molecule has 5 rings (SSSR count). The number of aromatic nitrogens is 1. The van der Waals surface area contributed by atoms with Crippen LogP contribution in [-0.4, -0.2) is 37.3 Å². The van der Waals surface area contributed by atoms with E-state index in [0.29, 0.717) is 39.1 Å². The summed E-state index contributed by atoms with van der Waals surface area (Å²) >= 11 is 0. The van der Waals surface area contributed by atoms with Gasteiger partial charge in [0.25, 0.3) is 10.0 Å². The van der Waals surface area contributed by atoms with Crippen LogP contribution in [0.1, 0.15) is 21.5 Å². The van der Waals surface area contributed by atoms with Crippen LogP contribution < -0.4 is 4.72 Å². The first-order valence-corrected chi connectivity index (χ1v) is 13.1. The number of esters is 1. The molecule has 5 aromatic rings. The molecule has 0 unspecified atom stereocenters. The number of anilines is 1. The molecule has 0 saturated heterocycles. The van der Waals surface area contributed by atoms with Crippen molar-refractivity contribution in [3.05, 3.63) is 120 Å². The number of nitrogens with zero attached hydrogens (tertiary/aromatic N) is 1. The quantitative estimate of drug-likeness (QED) is 0.188. The van der Waals surface area contributed by atoms with Crippen molar-refractivity contribution in [2.75, 3.05) is 11.8 Å². The molecule has 0 radical (unpaired) electrons. The minimum Gasteiger partial charge on any atom is -0.494 e. The number of carbonyl (C=O) groups is 1. The average Bonchev–Trinajstić information content (AvgIpc) is 3.27. The molecule has 0 bridgehead atoms. The third-order valence-electron chi connectivity index (χ3n) is 5.90. The Morgan fingerprint density at radius 3 is 2.18 bits per heavy atom. The number of nitrogens with one attached hydrogen (secondary N) is 2. The van der Waals surface area contributed by atoms with Crippen molar-refractivity contribution in [3.63, 3.8) is 0 Å². The van der Waals surface area contributed by atoms with Crippen LogP contribution in [-0.2, 0) is 14.8 Å². The molecule has 0 aliphatic carbocycles. The van der Waals surface area contributed by atoms with Crippen LogP contribution in [0.4, 0.5) is 11.4 Å². The first-order chi connectivity index (χ1) is 18.4. The monoisotopic (exact) mass is 525 g/mol. The number of aliphatic imine (C=N–C) groups is 1. The largest absolute Gasteiger partial charge is 0.494 e. The van der Waals surface area contributed by atoms with Crippen molar-refractivity contribution in [2.45, 2.75) is 4.90 Å². The van der Waals surface area contributed by atoms with Gasteiger partial charge in [0.1, 0.15) is 0 Å². The van der Waals surface area contributed by atoms with Gasteiger partial charge in [-0.05, 0) is 54.6 Å². The zero-order chi connectivity index (χ0) is 26.7. The fourth-order valence-corrected chi connectivity index (χ4v) is 5.15. The second-order valence-corrected chi connectivity index (χ2v) is 10.1. The maximum absolute atomic E-state index is 12.9. The van der Waals surface area contributed by atoms with Gasteiger partial charge in [0, 0.05) is 22.2 Å². The second-order valence-electron chi connectivity index (χ2n) is 8.39. The number of ether oxygens (including phenoxy) is 1. The van der Waals surface area contributed by atoms with Crippen molar-refractivity contribution in [1.82, 2.24) is 4.98 Å². The van der Waals surface area contributed by atoms with E-state index in [1.165, 1.54) is 19.2 Å². The average molecular weight is 526 g/mol. The summed E-state index contributed by atoms with van der Waals surface area (Å²) in [5, 5.41) is 11.5. The standard InChI is InChI=1S/C29H23N3O5S/c1-37-29(34)20-12-14-21(15-13-20)30-27(19-8-4-2-5-9-19)26-24-18-22(16-17-25(24)31-28(26)33)32-38(35,36)23-10-6-3-7-11-23/h2-18,31-33H,1H3. The molecule has 1 heterocycles. The number of carbonyl (C=O) groups excluding carboxylic acids is 1. The Morgan fingerprint density at radius 1 is 0.868 bits per heavy atom. The molecule has 0 saturated carbocycles. The highest BCUT2D eigenvalue weighted by Gasteiger charge is 2.20. The fraction of sp³-hybridized carbons (Fsp3) is 0.0345. The Morgan fingerprint density at radius 2 is 1.53 bits per heavy atom. The van der Waals surface area contributed by atoms with Gasteiger partial charge in [0.15, 0.2) is 5.88 Å². The Labute approximate surface area is 219 Å². The molecule has 3 N–H and O–H groups in total. The van der Waals surface area contributed by atoms with Gasteiger partial charge in [-0.3, -0.25) is 4.72 Å². The van der Waals surface area contributed by atoms with Crippen molar-refractivity contribution in [1.29, 1.82) is 0 Å². The van der Waals surface area contributed by atoms with Crippen LogP contribution >= 0.6 is 0 Å². The van der Waals surface area contributed by atoms with E-state index < -0.39 is 16.0 Å². The van der Waals surface area contributed by atoms with Crippen molar-refractivity contribution in [2.24, 2.45) is 4.99 Å². The highest BCUT2D eigenvalue weighted by Crippen LogP contribution is 2.33. The molecular weight excluding hydrogens is 502 g/mol. The summed E-state index contributed by atoms with van der Waals surface area (Å²) in [6, 6.07) is 28.9. The lowest BCUT2D eigenvalue weighted by Crippen LogP contribution is -2.12. The third-order valence-corrected chi connectivity index (χ3v) is 7.30. The number of rotatable bonds is 7. The van der Waals surface area contributed by atoms with Crippen molar-refractivity contribution in [3.8, 4) is 5.88 Å². The molecule has 4 aromatic carbocycles. The predicted octanol–water partition coefficient (Wildman–Crippen LogP) is 5.63. The Hall–Kier alpha value is -4.89. The number of benzene rings is 4. The zero-order valence-corrected chi connectivity index (χ0v) is 21.1. The number of aromatic amines is 1. The van der Waals surface area contributed by atoms with E-state index in [4.69, 9.17) is 9.73 Å². The minimum absolute atomic E-state index is 0.114. The highest BCUT2D eigenvalue weighted by atomic mass is 32.2. The molecule has 190 valence electrons. The normalized spacial score (nSPS) is 11.9. The number of H-pyrrole nitrogens is 1. The number of methoxy groups -OCH3 is 1. The van der Waals surface area contributed by atoms with Crippen LogP contribution in [0.15, 0.2) is 113 Å². The molecule has 0 fully saturated rings. The van der Waals surface area contributed by atoms with Gasteiger partial charge < -0.3 is 14.8 Å². The molecule has 0 amide bonds. The molecular formula is C29H23N3O5S. The highest BCUT2D eigenvalue weighted by molar-refractivity contribution is 7.92. The van der Waals surface area contributed by atoms with Crippen LogP contribution in [0.3, 0.4) is 0 Å². The molecule has 38 heavy (non-hydrogen) atoms. The van der Waals surface area contributed by atoms with Crippen LogP contribution in [0.25, 0.3) is 10.9 Å². The van der Waals surface area contributed by atoms with Crippen LogP contribution in [0.5, 0.6) is 5.88 Å². The van der Waals surface area contributed by atoms with Gasteiger partial charge >= 0.3 is 5.97 Å². The lowest BCUT2D eigenvalue weighted by Gasteiger charge is -2.10. The first kappa shape index (κ1) is 24.8. The number of hydrogen-bond acceptors (Lipinski definition) is 6. The minimum atomic E-state index is -3.81. The van der Waals surface area contributed by atoms with E-state index >= 15 is 0 Å². The fourth-order valence-electron chi connectivity index (χ4n) is 4.07. The van der Waals surface area contributed by atoms with Gasteiger partial charge in [-0.25, -0.2) is 18.2 Å². The summed E-state index contributed by atoms with van der Waals surface area (Å²) in [4.78, 5) is 19.7. The summed E-state index contributed by atoms with van der Waals surface area (Å²) in [6.07, 6.45) is 0. The Bertz CT molecular complexity index is 1750. The predicted molar refractivity (Wildman–Crippen MR) is 147 cm³/mol. The molecule has 0 spiro atoms. The van der Waals surface area contributed by atoms with E-state index in [0.717, 1.165) is 5.56 Å². The summed E-state index contributed by atoms with van der Waals surface area (Å²) in [5.74, 6) is -0.569. The van der Waals surface area contributed by atoms with Crippen LogP contribution in [0, 0.1) is 0 Å². The number of hydrogen-bond donors (Lipinski definition) is 3. The van der Waals surface area contributed by atoms with E-state index in [1.54, 1.807) is 60.7 Å². The smallest absolute Gasteiger partial charge is 0.337 e. The van der Waals surface area contributed by atoms with Gasteiger partial charge in [-0.1, -0.05) is 48.5 Å². The van der Waals surface area contributed by atoms with E-state index in [1.807, 2.05) is 30.3 Å². The third kappa shape index (κ3) is 5.00. The molecule has 8 nitrogen and oxygen atoms in total. The zero-order valence-electron chi connectivity index (χ0n) is 20.3. The number of fused-ring (bicyclic) bond motifs is 1. The Kier molecular flexibility index (Phi) is 6.68. The summed E-state index contributed by atoms with van der Waals surface area (Å²) in [6.45, 7) is 0. The maximum atomic E-state index is 12.9. The van der Waals surface area contributed by atoms with E-state index in [9.17, 15) is 18.3 Å². The molecule has 0 aliphatic heterocycles.